The highest BCUT2D eigenvalue weighted by atomic mass is 16.2. The van der Waals surface area contributed by atoms with E-state index in [1.165, 1.54) is 4.68 Å². The first-order valence-electron chi connectivity index (χ1n) is 8.33. The Balaban J connectivity index is 1.98. The van der Waals surface area contributed by atoms with E-state index in [4.69, 9.17) is 0 Å². The van der Waals surface area contributed by atoms with Gasteiger partial charge in [-0.3, -0.25) is 14.3 Å². The minimum atomic E-state index is -0.483. The second-order valence-corrected chi connectivity index (χ2v) is 7.22. The van der Waals surface area contributed by atoms with E-state index in [1.54, 1.807) is 24.3 Å². The van der Waals surface area contributed by atoms with Crippen molar-refractivity contribution in [1.82, 2.24) is 14.7 Å². The molecule has 0 unspecified atom stereocenters. The van der Waals surface area contributed by atoms with Crippen LogP contribution in [-0.2, 0) is 16.1 Å². The van der Waals surface area contributed by atoms with E-state index in [-0.39, 0.29) is 24.4 Å². The summed E-state index contributed by atoms with van der Waals surface area (Å²) < 4.78 is 1.54. The number of nitrogens with zero attached hydrogens (tertiary/aromatic N) is 3. The van der Waals surface area contributed by atoms with Crippen LogP contribution in [0.2, 0.25) is 0 Å². The van der Waals surface area contributed by atoms with Gasteiger partial charge in [-0.15, -0.1) is 0 Å². The van der Waals surface area contributed by atoms with E-state index >= 15 is 0 Å². The van der Waals surface area contributed by atoms with Gasteiger partial charge in [-0.25, -0.2) is 0 Å². The molecule has 0 bridgehead atoms. The molecule has 25 heavy (non-hydrogen) atoms. The molecule has 134 valence electrons. The third-order valence-electron chi connectivity index (χ3n) is 4.13. The number of anilines is 1. The number of carbonyl (C=O) groups excluding carboxylic acids is 2. The van der Waals surface area contributed by atoms with Gasteiger partial charge in [-0.05, 0) is 12.5 Å². The summed E-state index contributed by atoms with van der Waals surface area (Å²) in [5.41, 5.74) is 1.19. The lowest BCUT2D eigenvalue weighted by Gasteiger charge is -2.25. The summed E-state index contributed by atoms with van der Waals surface area (Å²) in [4.78, 5) is 26.2. The van der Waals surface area contributed by atoms with Crippen LogP contribution in [0, 0.1) is 5.41 Å². The Hall–Kier alpha value is -2.63. The summed E-state index contributed by atoms with van der Waals surface area (Å²) in [7, 11) is 1.78. The molecule has 6 nitrogen and oxygen atoms in total. The van der Waals surface area contributed by atoms with Gasteiger partial charge in [0.2, 0.25) is 11.8 Å². The molecule has 2 amide bonds. The maximum atomic E-state index is 12.5. The minimum Gasteiger partial charge on any atom is -0.337 e. The highest BCUT2D eigenvalue weighted by Crippen LogP contribution is 2.19. The van der Waals surface area contributed by atoms with E-state index in [2.05, 4.69) is 10.4 Å². The largest absolute Gasteiger partial charge is 0.337 e. The van der Waals surface area contributed by atoms with Crippen molar-refractivity contribution in [1.29, 1.82) is 0 Å². The third-order valence-corrected chi connectivity index (χ3v) is 4.13. The van der Waals surface area contributed by atoms with Crippen molar-refractivity contribution in [2.24, 2.45) is 5.41 Å². The summed E-state index contributed by atoms with van der Waals surface area (Å²) in [6.45, 7) is 7.65. The molecule has 0 saturated heterocycles. The van der Waals surface area contributed by atoms with Crippen molar-refractivity contribution in [2.45, 2.75) is 40.3 Å². The van der Waals surface area contributed by atoms with Gasteiger partial charge in [0.05, 0.1) is 17.9 Å². The van der Waals surface area contributed by atoms with Gasteiger partial charge in [0.15, 0.2) is 0 Å². The Labute approximate surface area is 148 Å². The maximum absolute atomic E-state index is 12.5. The highest BCUT2D eigenvalue weighted by Gasteiger charge is 2.22. The lowest BCUT2D eigenvalue weighted by Crippen LogP contribution is -2.32. The van der Waals surface area contributed by atoms with Crippen molar-refractivity contribution >= 4 is 17.5 Å². The number of likely N-dealkylation sites (N-methyl/N-ethyl adjacent to an activating group) is 1. The summed E-state index contributed by atoms with van der Waals surface area (Å²) in [5.74, 6) is -0.138. The van der Waals surface area contributed by atoms with Gasteiger partial charge in [0.1, 0.15) is 6.54 Å². The molecular formula is C19H26N4O2. The van der Waals surface area contributed by atoms with Crippen LogP contribution in [0.5, 0.6) is 0 Å². The van der Waals surface area contributed by atoms with Gasteiger partial charge in [0, 0.05) is 18.7 Å². The van der Waals surface area contributed by atoms with Gasteiger partial charge in [0.25, 0.3) is 0 Å². The van der Waals surface area contributed by atoms with Crippen molar-refractivity contribution in [3.05, 3.63) is 48.3 Å². The van der Waals surface area contributed by atoms with Crippen LogP contribution in [0.3, 0.4) is 0 Å². The van der Waals surface area contributed by atoms with Crippen LogP contribution in [0.1, 0.15) is 39.3 Å². The number of carbonyl (C=O) groups is 2. The van der Waals surface area contributed by atoms with Crippen LogP contribution in [-0.4, -0.2) is 33.5 Å². The number of benzene rings is 1. The number of aromatic nitrogens is 2. The monoisotopic (exact) mass is 342 g/mol. The highest BCUT2D eigenvalue weighted by molar-refractivity contribution is 5.94. The fourth-order valence-electron chi connectivity index (χ4n) is 2.25. The number of nitrogens with one attached hydrogen (secondary N) is 1. The summed E-state index contributed by atoms with van der Waals surface area (Å²) in [5, 5.41) is 6.97. The Kier molecular flexibility index (Phi) is 5.62. The molecular weight excluding hydrogens is 316 g/mol. The number of rotatable bonds is 5. The molecule has 0 aliphatic heterocycles. The molecule has 1 atom stereocenters. The normalized spacial score (nSPS) is 12.5. The van der Waals surface area contributed by atoms with Crippen LogP contribution < -0.4 is 5.32 Å². The Morgan fingerprint density at radius 2 is 1.88 bits per heavy atom. The second kappa shape index (κ2) is 7.51. The zero-order valence-electron chi connectivity index (χ0n) is 15.5. The van der Waals surface area contributed by atoms with Gasteiger partial charge >= 0.3 is 0 Å². The van der Waals surface area contributed by atoms with E-state index in [9.17, 15) is 9.59 Å². The molecule has 0 aliphatic rings. The van der Waals surface area contributed by atoms with Gasteiger partial charge < -0.3 is 10.2 Å². The Bertz CT molecular complexity index is 731. The molecule has 0 spiro atoms. The van der Waals surface area contributed by atoms with Gasteiger partial charge in [-0.1, -0.05) is 51.1 Å². The molecule has 0 saturated carbocycles. The van der Waals surface area contributed by atoms with Crippen molar-refractivity contribution in [2.75, 3.05) is 12.4 Å². The predicted molar refractivity (Wildman–Crippen MR) is 97.9 cm³/mol. The number of hydrogen-bond donors (Lipinski definition) is 1. The van der Waals surface area contributed by atoms with E-state index in [0.717, 1.165) is 5.56 Å². The second-order valence-electron chi connectivity index (χ2n) is 7.22. The summed E-state index contributed by atoms with van der Waals surface area (Å²) in [6.07, 6.45) is 3.22. The van der Waals surface area contributed by atoms with Crippen LogP contribution in [0.4, 0.5) is 5.69 Å². The molecule has 1 heterocycles. The summed E-state index contributed by atoms with van der Waals surface area (Å²) in [6, 6.07) is 9.86. The van der Waals surface area contributed by atoms with E-state index in [0.29, 0.717) is 5.69 Å². The van der Waals surface area contributed by atoms with Crippen LogP contribution in [0.25, 0.3) is 0 Å². The Morgan fingerprint density at radius 1 is 1.24 bits per heavy atom. The maximum Gasteiger partial charge on any atom is 0.244 e. The molecule has 0 fully saturated rings. The van der Waals surface area contributed by atoms with Crippen molar-refractivity contribution in [3.8, 4) is 0 Å². The van der Waals surface area contributed by atoms with E-state index < -0.39 is 5.41 Å². The fourth-order valence-corrected chi connectivity index (χ4v) is 2.25. The lowest BCUT2D eigenvalue weighted by atomic mass is 9.96. The summed E-state index contributed by atoms with van der Waals surface area (Å²) >= 11 is 0. The fraction of sp³-hybridized carbons (Fsp3) is 0.421. The topological polar surface area (TPSA) is 67.2 Å². The number of hydrogen-bond acceptors (Lipinski definition) is 3. The predicted octanol–water partition coefficient (Wildman–Crippen LogP) is 3.09. The molecule has 2 aromatic rings. The molecule has 0 aliphatic carbocycles. The lowest BCUT2D eigenvalue weighted by molar-refractivity contribution is -0.132. The SMILES string of the molecule is C[C@@H](c1ccccc1)N(C)C(=O)Cn1cc(NC(=O)C(C)(C)C)cn1. The minimum absolute atomic E-state index is 0.0238. The molecule has 1 aromatic heterocycles. The molecule has 2 rings (SSSR count). The first kappa shape index (κ1) is 18.7. The smallest absolute Gasteiger partial charge is 0.244 e. The molecule has 1 N–H and O–H groups in total. The molecule has 6 heteroatoms. The number of amides is 2. The van der Waals surface area contributed by atoms with Crippen LogP contribution in [0.15, 0.2) is 42.7 Å². The average Bonchev–Trinajstić information content (AvgIpc) is 3.00. The zero-order chi connectivity index (χ0) is 18.6. The quantitative estimate of drug-likeness (QED) is 0.908. The molecule has 1 aromatic carbocycles. The first-order chi connectivity index (χ1) is 11.7. The zero-order valence-corrected chi connectivity index (χ0v) is 15.5. The molecule has 0 radical (unpaired) electrons. The third kappa shape index (κ3) is 4.92. The van der Waals surface area contributed by atoms with Crippen molar-refractivity contribution < 1.29 is 9.59 Å². The first-order valence-corrected chi connectivity index (χ1v) is 8.33. The van der Waals surface area contributed by atoms with Crippen molar-refractivity contribution in [3.63, 3.8) is 0 Å². The van der Waals surface area contributed by atoms with Crippen LogP contribution >= 0.6 is 0 Å². The Morgan fingerprint density at radius 3 is 2.48 bits per heavy atom. The standard InChI is InChI=1S/C19H26N4O2/c1-14(15-9-7-6-8-10-15)22(5)17(24)13-23-12-16(11-20-23)21-18(25)19(2,3)4/h6-12,14H,13H2,1-5H3,(H,21,25)/t14-/m0/s1. The van der Waals surface area contributed by atoms with Gasteiger partial charge in [-0.2, -0.15) is 5.10 Å². The van der Waals surface area contributed by atoms with E-state index in [1.807, 2.05) is 58.0 Å². The average molecular weight is 342 g/mol.